The van der Waals surface area contributed by atoms with Crippen LogP contribution >= 0.6 is 12.2 Å². The summed E-state index contributed by atoms with van der Waals surface area (Å²) in [4.78, 5) is 27.0. The average Bonchev–Trinajstić information content (AvgIpc) is 2.73. The molecule has 0 aromatic heterocycles. The number of carbonyl (C=O) groups excluding carboxylic acids is 2. The second kappa shape index (κ2) is 5.92. The largest absolute Gasteiger partial charge is 0.392 e. The van der Waals surface area contributed by atoms with Crippen molar-refractivity contribution >= 4 is 29.0 Å². The van der Waals surface area contributed by atoms with Crippen molar-refractivity contribution < 1.29 is 9.59 Å². The Bertz CT molecular complexity index is 332. The third-order valence-corrected chi connectivity index (χ3v) is 2.94. The molecule has 0 aromatic carbocycles. The summed E-state index contributed by atoms with van der Waals surface area (Å²) in [5, 5.41) is 2.39. The predicted molar refractivity (Wildman–Crippen MR) is 68.5 cm³/mol. The zero-order chi connectivity index (χ0) is 13.0. The Hall–Kier alpha value is -1.21. The number of rotatable bonds is 3. The van der Waals surface area contributed by atoms with Crippen LogP contribution in [0, 0.1) is 0 Å². The molecule has 0 bridgehead atoms. The zero-order valence-corrected chi connectivity index (χ0v) is 10.9. The van der Waals surface area contributed by atoms with Gasteiger partial charge in [-0.05, 0) is 20.5 Å². The highest BCUT2D eigenvalue weighted by atomic mass is 32.1. The van der Waals surface area contributed by atoms with E-state index in [9.17, 15) is 9.59 Å². The lowest BCUT2D eigenvalue weighted by Gasteiger charge is -2.20. The van der Waals surface area contributed by atoms with Gasteiger partial charge in [0.15, 0.2) is 0 Å². The Morgan fingerprint density at radius 2 is 2.18 bits per heavy atom. The molecule has 1 aliphatic rings. The minimum atomic E-state index is -0.641. The summed E-state index contributed by atoms with van der Waals surface area (Å²) in [6.07, 6.45) is 0.890. The number of likely N-dealkylation sites (tertiary alicyclic amines) is 1. The maximum atomic E-state index is 11.7. The van der Waals surface area contributed by atoms with E-state index < -0.39 is 11.8 Å². The topological polar surface area (TPSA) is 78.7 Å². The van der Waals surface area contributed by atoms with Crippen molar-refractivity contribution in [1.82, 2.24) is 15.1 Å². The van der Waals surface area contributed by atoms with Crippen molar-refractivity contribution in [2.45, 2.75) is 12.5 Å². The fraction of sp³-hybridized carbons (Fsp3) is 0.700. The molecule has 7 heteroatoms. The number of hydrogen-bond acceptors (Lipinski definition) is 4. The third kappa shape index (κ3) is 3.94. The number of thiocarbonyl (C=S) groups is 1. The number of nitrogens with one attached hydrogen (secondary N) is 1. The molecule has 6 nitrogen and oxygen atoms in total. The van der Waals surface area contributed by atoms with Gasteiger partial charge in [-0.3, -0.25) is 9.59 Å². The van der Waals surface area contributed by atoms with E-state index in [0.29, 0.717) is 19.1 Å². The van der Waals surface area contributed by atoms with Gasteiger partial charge in [0, 0.05) is 19.1 Å². The first kappa shape index (κ1) is 13.9. The smallest absolute Gasteiger partial charge is 0.311 e. The Balaban J connectivity index is 2.43. The summed E-state index contributed by atoms with van der Waals surface area (Å²) in [5.74, 6) is -1.15. The van der Waals surface area contributed by atoms with Crippen LogP contribution in [-0.2, 0) is 9.59 Å². The molecule has 1 atom stereocenters. The molecule has 1 aliphatic heterocycles. The van der Waals surface area contributed by atoms with Crippen LogP contribution in [0.4, 0.5) is 0 Å². The Morgan fingerprint density at radius 1 is 1.53 bits per heavy atom. The van der Waals surface area contributed by atoms with Gasteiger partial charge in [0.25, 0.3) is 0 Å². The Labute approximate surface area is 106 Å². The number of amides is 2. The quantitative estimate of drug-likeness (QED) is 0.478. The van der Waals surface area contributed by atoms with Crippen LogP contribution in [0.25, 0.3) is 0 Å². The van der Waals surface area contributed by atoms with Gasteiger partial charge in [-0.25, -0.2) is 0 Å². The molecule has 2 amide bonds. The molecule has 0 radical (unpaired) electrons. The summed E-state index contributed by atoms with van der Waals surface area (Å²) < 4.78 is 0. The first-order chi connectivity index (χ1) is 7.91. The first-order valence-electron chi connectivity index (χ1n) is 5.43. The Kier molecular flexibility index (Phi) is 4.83. The van der Waals surface area contributed by atoms with Gasteiger partial charge in [-0.15, -0.1) is 0 Å². The van der Waals surface area contributed by atoms with Gasteiger partial charge in [0.2, 0.25) is 0 Å². The summed E-state index contributed by atoms with van der Waals surface area (Å²) in [5.41, 5.74) is 5.24. The third-order valence-electron chi connectivity index (χ3n) is 2.80. The average molecular weight is 258 g/mol. The molecule has 3 N–H and O–H groups in total. The summed E-state index contributed by atoms with van der Waals surface area (Å²) >= 11 is 4.62. The lowest BCUT2D eigenvalue weighted by atomic mass is 10.2. The lowest BCUT2D eigenvalue weighted by Crippen LogP contribution is -2.45. The molecule has 0 aromatic rings. The zero-order valence-electron chi connectivity index (χ0n) is 10.1. The maximum Gasteiger partial charge on any atom is 0.311 e. The second-order valence-corrected chi connectivity index (χ2v) is 4.83. The number of nitrogens with two attached hydrogens (primary N) is 1. The standard InChI is InChI=1S/C10H18N4O2S/c1-13(2)7-3-4-14(6-7)10(16)9(15)12-5-8(11)17/h7H,3-6H2,1-2H3,(H2,11,17)(H,12,15). The van der Waals surface area contributed by atoms with E-state index in [0.717, 1.165) is 6.42 Å². The molecule has 1 unspecified atom stereocenters. The van der Waals surface area contributed by atoms with Crippen molar-refractivity contribution in [2.75, 3.05) is 33.7 Å². The van der Waals surface area contributed by atoms with Crippen LogP contribution in [0.1, 0.15) is 6.42 Å². The number of likely N-dealkylation sites (N-methyl/N-ethyl adjacent to an activating group) is 1. The van der Waals surface area contributed by atoms with E-state index in [4.69, 9.17) is 5.73 Å². The van der Waals surface area contributed by atoms with Gasteiger partial charge < -0.3 is 20.9 Å². The van der Waals surface area contributed by atoms with Gasteiger partial charge >= 0.3 is 11.8 Å². The molecular weight excluding hydrogens is 240 g/mol. The minimum absolute atomic E-state index is 0.0604. The monoisotopic (exact) mass is 258 g/mol. The summed E-state index contributed by atoms with van der Waals surface area (Å²) in [6.45, 7) is 1.26. The number of nitrogens with zero attached hydrogens (tertiary/aromatic N) is 2. The normalized spacial score (nSPS) is 19.5. The summed E-state index contributed by atoms with van der Waals surface area (Å²) in [7, 11) is 3.93. The second-order valence-electron chi connectivity index (χ2n) is 4.31. The minimum Gasteiger partial charge on any atom is -0.392 e. The number of carbonyl (C=O) groups is 2. The van der Waals surface area contributed by atoms with Crippen LogP contribution in [0.5, 0.6) is 0 Å². The van der Waals surface area contributed by atoms with Crippen LogP contribution in [0.2, 0.25) is 0 Å². The van der Waals surface area contributed by atoms with Crippen LogP contribution in [0.15, 0.2) is 0 Å². The molecule has 17 heavy (non-hydrogen) atoms. The molecule has 96 valence electrons. The molecule has 0 spiro atoms. The van der Waals surface area contributed by atoms with Crippen molar-refractivity contribution in [3.8, 4) is 0 Å². The van der Waals surface area contributed by atoms with Crippen LogP contribution in [0.3, 0.4) is 0 Å². The van der Waals surface area contributed by atoms with E-state index in [1.165, 1.54) is 0 Å². The van der Waals surface area contributed by atoms with E-state index >= 15 is 0 Å². The van der Waals surface area contributed by atoms with E-state index in [1.807, 2.05) is 14.1 Å². The SMILES string of the molecule is CN(C)C1CCN(C(=O)C(=O)NCC(N)=S)C1. The predicted octanol–water partition coefficient (Wildman–Crippen LogP) is -1.45. The van der Waals surface area contributed by atoms with E-state index in [2.05, 4.69) is 22.4 Å². The van der Waals surface area contributed by atoms with Gasteiger partial charge in [-0.1, -0.05) is 12.2 Å². The molecule has 0 saturated carbocycles. The molecule has 0 aliphatic carbocycles. The number of hydrogen-bond donors (Lipinski definition) is 2. The maximum absolute atomic E-state index is 11.7. The molecule has 1 rings (SSSR count). The fourth-order valence-electron chi connectivity index (χ4n) is 1.73. The first-order valence-corrected chi connectivity index (χ1v) is 5.84. The molecule has 1 saturated heterocycles. The van der Waals surface area contributed by atoms with E-state index in [1.54, 1.807) is 4.90 Å². The fourth-order valence-corrected chi connectivity index (χ4v) is 1.81. The highest BCUT2D eigenvalue weighted by Gasteiger charge is 2.30. The lowest BCUT2D eigenvalue weighted by molar-refractivity contribution is -0.145. The van der Waals surface area contributed by atoms with E-state index in [-0.39, 0.29) is 11.5 Å². The van der Waals surface area contributed by atoms with Crippen molar-refractivity contribution in [3.05, 3.63) is 0 Å². The van der Waals surface area contributed by atoms with Crippen LogP contribution < -0.4 is 11.1 Å². The van der Waals surface area contributed by atoms with Gasteiger partial charge in [0.05, 0.1) is 11.5 Å². The van der Waals surface area contributed by atoms with Gasteiger partial charge in [-0.2, -0.15) is 0 Å². The highest BCUT2D eigenvalue weighted by molar-refractivity contribution is 7.80. The van der Waals surface area contributed by atoms with Crippen LogP contribution in [-0.4, -0.2) is 66.4 Å². The molecule has 1 heterocycles. The highest BCUT2D eigenvalue weighted by Crippen LogP contribution is 2.12. The van der Waals surface area contributed by atoms with Crippen molar-refractivity contribution in [1.29, 1.82) is 0 Å². The van der Waals surface area contributed by atoms with Crippen molar-refractivity contribution in [2.24, 2.45) is 5.73 Å². The molecule has 1 fully saturated rings. The Morgan fingerprint density at radius 3 is 2.65 bits per heavy atom. The summed E-state index contributed by atoms with van der Waals surface area (Å²) in [6, 6.07) is 0.322. The molecular formula is C10H18N4O2S. The van der Waals surface area contributed by atoms with Crippen molar-refractivity contribution in [3.63, 3.8) is 0 Å². The van der Waals surface area contributed by atoms with Gasteiger partial charge in [0.1, 0.15) is 0 Å².